The molecule has 2 aliphatic heterocycles. The minimum atomic E-state index is -4.56. The lowest BCUT2D eigenvalue weighted by atomic mass is 9.98. The van der Waals surface area contributed by atoms with Gasteiger partial charge in [0.15, 0.2) is 0 Å². The topological polar surface area (TPSA) is 142 Å². The molecule has 0 saturated carbocycles. The van der Waals surface area contributed by atoms with Gasteiger partial charge in [0.25, 0.3) is 5.91 Å². The summed E-state index contributed by atoms with van der Waals surface area (Å²) in [7, 11) is 0. The van der Waals surface area contributed by atoms with E-state index in [0.29, 0.717) is 30.2 Å². The van der Waals surface area contributed by atoms with Crippen molar-refractivity contribution in [3.63, 3.8) is 0 Å². The molecule has 13 heteroatoms. The van der Waals surface area contributed by atoms with Crippen molar-refractivity contribution in [2.45, 2.75) is 19.0 Å². The van der Waals surface area contributed by atoms with Gasteiger partial charge in [-0.1, -0.05) is 12.1 Å². The van der Waals surface area contributed by atoms with Crippen LogP contribution >= 0.6 is 0 Å². The third kappa shape index (κ3) is 6.49. The largest absolute Gasteiger partial charge is 0.416 e. The molecule has 204 valence electrons. The number of piperidine rings is 1. The van der Waals surface area contributed by atoms with E-state index in [1.807, 2.05) is 4.90 Å². The monoisotopic (exact) mass is 540 g/mol. The fraction of sp³-hybridized carbons (Fsp3) is 0.269. The Kier molecular flexibility index (Phi) is 8.10. The number of likely N-dealkylation sites (tertiary alicyclic amines) is 1. The van der Waals surface area contributed by atoms with Crippen molar-refractivity contribution in [3.05, 3.63) is 77.4 Å². The number of aromatic nitrogens is 1. The molecule has 1 saturated heterocycles. The molecular formula is C26H27F3N8O2. The summed E-state index contributed by atoms with van der Waals surface area (Å²) in [6.07, 6.45) is 1.30. The van der Waals surface area contributed by atoms with Crippen LogP contribution in [0.25, 0.3) is 5.70 Å². The van der Waals surface area contributed by atoms with Gasteiger partial charge in [0, 0.05) is 36.3 Å². The van der Waals surface area contributed by atoms with Gasteiger partial charge in [-0.05, 0) is 50.4 Å². The molecule has 2 amide bonds. The van der Waals surface area contributed by atoms with E-state index >= 15 is 0 Å². The first-order valence-corrected chi connectivity index (χ1v) is 12.0. The molecule has 5 N–H and O–H groups in total. The number of benzene rings is 1. The van der Waals surface area contributed by atoms with Crippen LogP contribution in [0, 0.1) is 5.92 Å². The quantitative estimate of drug-likeness (QED) is 0.461. The molecule has 1 aromatic carbocycles. The number of pyridine rings is 1. The number of hydrogen-bond donors (Lipinski definition) is 3. The highest BCUT2D eigenvalue weighted by Crippen LogP contribution is 2.30. The Morgan fingerprint density at radius 3 is 2.56 bits per heavy atom. The number of nitrogens with zero attached hydrogens (tertiary/aromatic N) is 5. The molecule has 1 fully saturated rings. The van der Waals surface area contributed by atoms with E-state index in [1.54, 1.807) is 24.5 Å². The Morgan fingerprint density at radius 2 is 1.90 bits per heavy atom. The molecule has 0 spiro atoms. The van der Waals surface area contributed by atoms with Crippen LogP contribution in [0.2, 0.25) is 0 Å². The maximum atomic E-state index is 13.0. The molecule has 1 aromatic heterocycles. The summed E-state index contributed by atoms with van der Waals surface area (Å²) in [5.41, 5.74) is 12.5. The van der Waals surface area contributed by atoms with Crippen LogP contribution < -0.4 is 16.8 Å². The molecule has 10 nitrogen and oxygen atoms in total. The van der Waals surface area contributed by atoms with Crippen LogP contribution in [0.5, 0.6) is 0 Å². The average Bonchev–Trinajstić information content (AvgIpc) is 2.91. The zero-order valence-corrected chi connectivity index (χ0v) is 20.9. The third-order valence-electron chi connectivity index (χ3n) is 6.38. The van der Waals surface area contributed by atoms with Crippen LogP contribution in [-0.4, -0.2) is 58.9 Å². The Balaban J connectivity index is 1.55. The van der Waals surface area contributed by atoms with E-state index in [-0.39, 0.29) is 29.0 Å². The summed E-state index contributed by atoms with van der Waals surface area (Å²) in [6.45, 7) is 5.39. The van der Waals surface area contributed by atoms with Crippen molar-refractivity contribution in [3.8, 4) is 0 Å². The van der Waals surface area contributed by atoms with E-state index < -0.39 is 17.6 Å². The number of amidine groups is 1. The molecule has 39 heavy (non-hydrogen) atoms. The van der Waals surface area contributed by atoms with Crippen molar-refractivity contribution in [1.82, 2.24) is 14.8 Å². The number of nitrogens with two attached hydrogens (primary N) is 2. The van der Waals surface area contributed by atoms with Gasteiger partial charge in [-0.25, -0.2) is 9.98 Å². The molecule has 1 unspecified atom stereocenters. The summed E-state index contributed by atoms with van der Waals surface area (Å²) in [6, 6.07) is 7.84. The molecule has 2 aliphatic rings. The van der Waals surface area contributed by atoms with Crippen LogP contribution in [-0.2, 0) is 11.0 Å². The first-order valence-electron chi connectivity index (χ1n) is 12.0. The number of rotatable bonds is 7. The van der Waals surface area contributed by atoms with Crippen molar-refractivity contribution >= 4 is 35.9 Å². The Hall–Kier alpha value is -4.52. The first kappa shape index (κ1) is 27.5. The molecule has 0 aliphatic carbocycles. The number of carbonyl (C=O) groups is 2. The average molecular weight is 541 g/mol. The second kappa shape index (κ2) is 11.5. The summed E-state index contributed by atoms with van der Waals surface area (Å²) in [5, 5.41) is 2.38. The van der Waals surface area contributed by atoms with Crippen molar-refractivity contribution < 1.29 is 22.8 Å². The molecule has 3 heterocycles. The van der Waals surface area contributed by atoms with Gasteiger partial charge in [-0.2, -0.15) is 13.2 Å². The number of halogens is 3. The van der Waals surface area contributed by atoms with E-state index in [2.05, 4.69) is 31.9 Å². The Bertz CT molecular complexity index is 1350. The van der Waals surface area contributed by atoms with Gasteiger partial charge in [-0.15, -0.1) is 0 Å². The van der Waals surface area contributed by atoms with E-state index in [1.165, 1.54) is 12.1 Å². The van der Waals surface area contributed by atoms with Crippen LogP contribution in [0.4, 0.5) is 19.0 Å². The number of aliphatic imine (C=N–C) groups is 2. The lowest BCUT2D eigenvalue weighted by Crippen LogP contribution is -2.46. The number of nitrogens with one attached hydrogen (secondary N) is 1. The lowest BCUT2D eigenvalue weighted by Gasteiger charge is -2.36. The standard InChI is InChI=1S/C26H27F3N8O2/c1-32-21(22-23(30)34-10-12-37(22)15-36-11-2-3-18(14-36)24(31)38)16-4-6-17(7-5-16)25(39)35-20-13-19(8-9-33-20)26(27,28)29/h4-10,12-13,18H,1-3,11,14-15H2,(H2,30,34)(H2,31,38)(H,33,35,39)/b22-21-. The highest BCUT2D eigenvalue weighted by atomic mass is 19.4. The zero-order valence-electron chi connectivity index (χ0n) is 20.9. The van der Waals surface area contributed by atoms with Crippen LogP contribution in [0.15, 0.2) is 70.7 Å². The molecule has 2 aromatic rings. The minimum absolute atomic E-state index is 0.194. The van der Waals surface area contributed by atoms with Crippen molar-refractivity contribution in [2.75, 3.05) is 25.1 Å². The maximum Gasteiger partial charge on any atom is 0.416 e. The molecular weight excluding hydrogens is 513 g/mol. The Morgan fingerprint density at radius 1 is 1.18 bits per heavy atom. The van der Waals surface area contributed by atoms with Gasteiger partial charge in [0.05, 0.1) is 23.8 Å². The number of primary amides is 1. The van der Waals surface area contributed by atoms with E-state index in [0.717, 1.165) is 37.7 Å². The fourth-order valence-electron chi connectivity index (χ4n) is 4.43. The van der Waals surface area contributed by atoms with E-state index in [4.69, 9.17) is 11.5 Å². The second-order valence-electron chi connectivity index (χ2n) is 9.06. The predicted octanol–water partition coefficient (Wildman–Crippen LogP) is 3.02. The van der Waals surface area contributed by atoms with Gasteiger partial charge < -0.3 is 21.7 Å². The number of hydrogen-bond acceptors (Lipinski definition) is 8. The number of alkyl halides is 3. The van der Waals surface area contributed by atoms with Crippen LogP contribution in [0.3, 0.4) is 0 Å². The summed E-state index contributed by atoms with van der Waals surface area (Å²) in [4.78, 5) is 40.5. The van der Waals surface area contributed by atoms with Crippen molar-refractivity contribution in [1.29, 1.82) is 0 Å². The number of amides is 2. The highest BCUT2D eigenvalue weighted by molar-refractivity contribution is 6.06. The third-order valence-corrected chi connectivity index (χ3v) is 6.38. The SMILES string of the molecule is C=N/C(=C1/C(N)=NC=CN1CN1CCCC(C(N)=O)C1)c1ccc(C(=O)Nc2cc(C(F)(F)F)ccn2)cc1. The first-order chi connectivity index (χ1) is 18.6. The maximum absolute atomic E-state index is 13.0. The molecule has 1 atom stereocenters. The van der Waals surface area contributed by atoms with E-state index in [9.17, 15) is 22.8 Å². The molecule has 0 bridgehead atoms. The lowest BCUT2D eigenvalue weighted by molar-refractivity contribution is -0.137. The van der Waals surface area contributed by atoms with Gasteiger partial charge in [-0.3, -0.25) is 19.5 Å². The molecule has 4 rings (SSSR count). The van der Waals surface area contributed by atoms with Crippen molar-refractivity contribution in [2.24, 2.45) is 27.4 Å². The van der Waals surface area contributed by atoms with Gasteiger partial charge in [0.1, 0.15) is 17.4 Å². The number of anilines is 1. The Labute approximate surface area is 222 Å². The molecule has 0 radical (unpaired) electrons. The zero-order chi connectivity index (χ0) is 28.2. The smallest absolute Gasteiger partial charge is 0.382 e. The van der Waals surface area contributed by atoms with Gasteiger partial charge >= 0.3 is 6.18 Å². The summed E-state index contributed by atoms with van der Waals surface area (Å²) in [5.74, 6) is -1.20. The number of carbonyl (C=O) groups excluding carboxylic acids is 2. The fourth-order valence-corrected chi connectivity index (χ4v) is 4.43. The van der Waals surface area contributed by atoms with Gasteiger partial charge in [0.2, 0.25) is 5.91 Å². The van der Waals surface area contributed by atoms with Crippen LogP contribution in [0.1, 0.15) is 34.3 Å². The summed E-state index contributed by atoms with van der Waals surface area (Å²) < 4.78 is 38.9. The normalized spacial score (nSPS) is 19.3. The second-order valence-corrected chi connectivity index (χ2v) is 9.06. The highest BCUT2D eigenvalue weighted by Gasteiger charge is 2.31. The predicted molar refractivity (Wildman–Crippen MR) is 141 cm³/mol. The summed E-state index contributed by atoms with van der Waals surface area (Å²) >= 11 is 0. The minimum Gasteiger partial charge on any atom is -0.382 e.